The van der Waals surface area contributed by atoms with Crippen molar-refractivity contribution in [3.05, 3.63) is 11.3 Å². The van der Waals surface area contributed by atoms with Gasteiger partial charge in [-0.05, 0) is 13.8 Å². The van der Waals surface area contributed by atoms with Gasteiger partial charge in [-0.1, -0.05) is 0 Å². The first-order valence-electron chi connectivity index (χ1n) is 4.26. The molecule has 4 nitrogen and oxygen atoms in total. The predicted molar refractivity (Wildman–Crippen MR) is 44.6 cm³/mol. The number of ether oxygens (including phenoxy) is 1. The van der Waals surface area contributed by atoms with Crippen molar-refractivity contribution in [2.45, 2.75) is 26.5 Å². The van der Waals surface area contributed by atoms with E-state index in [4.69, 9.17) is 4.74 Å². The van der Waals surface area contributed by atoms with E-state index in [0.717, 1.165) is 0 Å². The molecular weight excluding hydrogens is 170 g/mol. The van der Waals surface area contributed by atoms with E-state index in [1.165, 1.54) is 6.92 Å². The fourth-order valence-corrected chi connectivity index (χ4v) is 1.48. The first kappa shape index (κ1) is 8.29. The Balaban J connectivity index is 2.18. The second-order valence-electron chi connectivity index (χ2n) is 3.40. The lowest BCUT2D eigenvalue weighted by Crippen LogP contribution is -2.48. The number of ketones is 1. The third-order valence-electron chi connectivity index (χ3n) is 2.56. The summed E-state index contributed by atoms with van der Waals surface area (Å²) >= 11 is 0. The Morgan fingerprint density at radius 3 is 2.69 bits per heavy atom. The van der Waals surface area contributed by atoms with Gasteiger partial charge in [0, 0.05) is 5.57 Å². The maximum atomic E-state index is 11.0. The van der Waals surface area contributed by atoms with E-state index in [2.05, 4.69) is 0 Å². The maximum Gasteiger partial charge on any atom is 0.231 e. The quantitative estimate of drug-likeness (QED) is 0.435. The number of allylic oxidation sites excluding steroid dienone is 1. The molecule has 0 aliphatic carbocycles. The van der Waals surface area contributed by atoms with Crippen molar-refractivity contribution in [2.75, 3.05) is 6.54 Å². The fourth-order valence-electron chi connectivity index (χ4n) is 1.48. The van der Waals surface area contributed by atoms with Gasteiger partial charge in [0.15, 0.2) is 12.0 Å². The Bertz CT molecular complexity index is 319. The number of Topliss-reactive ketones (excluding diaryl/α,β-unsaturated/α-hetero) is 1. The van der Waals surface area contributed by atoms with Crippen LogP contribution < -0.4 is 0 Å². The van der Waals surface area contributed by atoms with Crippen molar-refractivity contribution in [1.29, 1.82) is 0 Å². The molecule has 2 heterocycles. The van der Waals surface area contributed by atoms with Crippen LogP contribution in [0.3, 0.4) is 0 Å². The van der Waals surface area contributed by atoms with Gasteiger partial charge in [-0.2, -0.15) is 0 Å². The molecule has 2 saturated heterocycles. The van der Waals surface area contributed by atoms with Crippen molar-refractivity contribution in [1.82, 2.24) is 4.90 Å². The highest BCUT2D eigenvalue weighted by Gasteiger charge is 2.44. The zero-order valence-corrected chi connectivity index (χ0v) is 7.66. The summed E-state index contributed by atoms with van der Waals surface area (Å²) in [7, 11) is 0. The molecule has 1 amide bonds. The van der Waals surface area contributed by atoms with Crippen LogP contribution in [0.4, 0.5) is 0 Å². The SMILES string of the molecule is CC(=O)C(C)=C1CN2C(=O)CC2O1. The smallest absolute Gasteiger partial charge is 0.231 e. The molecule has 0 aromatic carbocycles. The Morgan fingerprint density at radius 2 is 2.23 bits per heavy atom. The topological polar surface area (TPSA) is 46.6 Å². The summed E-state index contributed by atoms with van der Waals surface area (Å²) in [5.74, 6) is 0.768. The number of nitrogens with zero attached hydrogens (tertiary/aromatic N) is 1. The number of β-lactam (4-membered cyclic amide) rings is 1. The van der Waals surface area contributed by atoms with Gasteiger partial charge in [-0.15, -0.1) is 0 Å². The van der Waals surface area contributed by atoms with Gasteiger partial charge in [-0.3, -0.25) is 14.5 Å². The molecule has 1 atom stereocenters. The monoisotopic (exact) mass is 181 g/mol. The Morgan fingerprint density at radius 1 is 1.54 bits per heavy atom. The van der Waals surface area contributed by atoms with Crippen molar-refractivity contribution >= 4 is 11.7 Å². The van der Waals surface area contributed by atoms with Gasteiger partial charge >= 0.3 is 0 Å². The highest BCUT2D eigenvalue weighted by atomic mass is 16.5. The van der Waals surface area contributed by atoms with Gasteiger partial charge in [0.25, 0.3) is 0 Å². The molecule has 2 fully saturated rings. The summed E-state index contributed by atoms with van der Waals surface area (Å²) in [5, 5.41) is 0. The van der Waals surface area contributed by atoms with E-state index in [9.17, 15) is 9.59 Å². The first-order chi connectivity index (χ1) is 6.09. The summed E-state index contributed by atoms with van der Waals surface area (Å²) in [4.78, 5) is 23.6. The average Bonchev–Trinajstić information content (AvgIpc) is 2.41. The molecule has 1 unspecified atom stereocenters. The van der Waals surface area contributed by atoms with Crippen molar-refractivity contribution in [3.8, 4) is 0 Å². The molecule has 2 aliphatic heterocycles. The van der Waals surface area contributed by atoms with E-state index >= 15 is 0 Å². The van der Waals surface area contributed by atoms with Crippen LogP contribution in [-0.4, -0.2) is 29.4 Å². The lowest BCUT2D eigenvalue weighted by molar-refractivity contribution is -0.154. The van der Waals surface area contributed by atoms with Crippen LogP contribution in [0.15, 0.2) is 11.3 Å². The summed E-state index contributed by atoms with van der Waals surface area (Å²) in [5.41, 5.74) is 0.627. The van der Waals surface area contributed by atoms with E-state index in [0.29, 0.717) is 24.3 Å². The van der Waals surface area contributed by atoms with E-state index in [1.807, 2.05) is 0 Å². The highest BCUT2D eigenvalue weighted by molar-refractivity contribution is 5.93. The van der Waals surface area contributed by atoms with Crippen molar-refractivity contribution in [3.63, 3.8) is 0 Å². The zero-order valence-electron chi connectivity index (χ0n) is 7.66. The van der Waals surface area contributed by atoms with Crippen LogP contribution in [0.1, 0.15) is 20.3 Å². The largest absolute Gasteiger partial charge is 0.472 e. The molecular formula is C9H11NO3. The standard InChI is InChI=1S/C9H11NO3/c1-5(6(2)11)7-4-10-8(12)3-9(10)13-7/h9H,3-4H2,1-2H3. The van der Waals surface area contributed by atoms with Gasteiger partial charge in [0.2, 0.25) is 5.91 Å². The number of fused-ring (bicyclic) bond motifs is 1. The summed E-state index contributed by atoms with van der Waals surface area (Å²) in [6.45, 7) is 3.70. The minimum absolute atomic E-state index is 0.00458. The second kappa shape index (κ2) is 2.58. The molecule has 0 N–H and O–H groups in total. The summed E-state index contributed by atoms with van der Waals surface area (Å²) in [6, 6.07) is 0. The van der Waals surface area contributed by atoms with Crippen LogP contribution >= 0.6 is 0 Å². The fraction of sp³-hybridized carbons (Fsp3) is 0.556. The van der Waals surface area contributed by atoms with E-state index < -0.39 is 0 Å². The highest BCUT2D eigenvalue weighted by Crippen LogP contribution is 2.31. The molecule has 4 heteroatoms. The third-order valence-corrected chi connectivity index (χ3v) is 2.56. The van der Waals surface area contributed by atoms with Crippen LogP contribution in [0.5, 0.6) is 0 Å². The molecule has 0 aromatic heterocycles. The summed E-state index contributed by atoms with van der Waals surface area (Å²) < 4.78 is 5.42. The molecule has 0 saturated carbocycles. The molecule has 0 radical (unpaired) electrons. The van der Waals surface area contributed by atoms with Gasteiger partial charge in [0.1, 0.15) is 5.76 Å². The summed E-state index contributed by atoms with van der Waals surface area (Å²) in [6.07, 6.45) is 0.353. The lowest BCUT2D eigenvalue weighted by atomic mass is 10.1. The van der Waals surface area contributed by atoms with Crippen LogP contribution in [-0.2, 0) is 14.3 Å². The molecule has 2 rings (SSSR count). The Kier molecular flexibility index (Phi) is 1.65. The second-order valence-corrected chi connectivity index (χ2v) is 3.40. The van der Waals surface area contributed by atoms with Gasteiger partial charge < -0.3 is 4.74 Å². The average molecular weight is 181 g/mol. The lowest BCUT2D eigenvalue weighted by Gasteiger charge is -2.30. The zero-order chi connectivity index (χ0) is 9.59. The van der Waals surface area contributed by atoms with Gasteiger partial charge in [0.05, 0.1) is 13.0 Å². The van der Waals surface area contributed by atoms with E-state index in [-0.39, 0.29) is 17.9 Å². The Labute approximate surface area is 76.2 Å². The van der Waals surface area contributed by atoms with Crippen LogP contribution in [0.2, 0.25) is 0 Å². The van der Waals surface area contributed by atoms with Crippen molar-refractivity contribution < 1.29 is 14.3 Å². The molecule has 0 spiro atoms. The molecule has 70 valence electrons. The molecule has 0 aromatic rings. The van der Waals surface area contributed by atoms with Gasteiger partial charge in [-0.25, -0.2) is 0 Å². The minimum Gasteiger partial charge on any atom is -0.472 e. The molecule has 0 bridgehead atoms. The number of carbonyl (C=O) groups is 2. The first-order valence-corrected chi connectivity index (χ1v) is 4.26. The van der Waals surface area contributed by atoms with Crippen LogP contribution in [0, 0.1) is 0 Å². The molecule has 13 heavy (non-hydrogen) atoms. The van der Waals surface area contributed by atoms with Crippen LogP contribution in [0.25, 0.3) is 0 Å². The normalized spacial score (nSPS) is 29.2. The number of amides is 1. The number of hydrogen-bond acceptors (Lipinski definition) is 3. The Hall–Kier alpha value is -1.32. The van der Waals surface area contributed by atoms with E-state index in [1.54, 1.807) is 11.8 Å². The molecule has 2 aliphatic rings. The number of rotatable bonds is 1. The third kappa shape index (κ3) is 1.13. The number of hydrogen-bond donors (Lipinski definition) is 0. The van der Waals surface area contributed by atoms with Crippen molar-refractivity contribution in [2.24, 2.45) is 0 Å². The number of carbonyl (C=O) groups excluding carboxylic acids is 2. The predicted octanol–water partition coefficient (Wildman–Crippen LogP) is 0.438. The maximum absolute atomic E-state index is 11.0. The minimum atomic E-state index is -0.100.